The van der Waals surface area contributed by atoms with Gasteiger partial charge in [-0.05, 0) is 24.1 Å². The molecule has 4 heteroatoms. The number of aromatic nitrogens is 2. The van der Waals surface area contributed by atoms with E-state index in [1.165, 1.54) is 16.6 Å². The molecule has 1 fully saturated rings. The molecule has 1 saturated heterocycles. The Bertz CT molecular complexity index is 992. The zero-order chi connectivity index (χ0) is 17.7. The van der Waals surface area contributed by atoms with E-state index in [9.17, 15) is 0 Å². The molecule has 2 aliphatic rings. The highest BCUT2D eigenvalue weighted by molar-refractivity contribution is 5.84. The first-order chi connectivity index (χ1) is 12.7. The summed E-state index contributed by atoms with van der Waals surface area (Å²) in [6.45, 7) is 8.37. The molecule has 0 saturated carbocycles. The molecule has 4 nitrogen and oxygen atoms in total. The van der Waals surface area contributed by atoms with Crippen molar-refractivity contribution >= 4 is 16.6 Å². The Labute approximate surface area is 154 Å². The van der Waals surface area contributed by atoms with Gasteiger partial charge < -0.3 is 9.64 Å². The van der Waals surface area contributed by atoms with Crippen LogP contribution in [-0.2, 0) is 13.2 Å². The number of fused-ring (bicyclic) bond motifs is 4. The third-order valence-corrected chi connectivity index (χ3v) is 5.41. The average molecular weight is 346 g/mol. The van der Waals surface area contributed by atoms with Crippen molar-refractivity contribution in [3.8, 4) is 17.0 Å². The van der Waals surface area contributed by atoms with Crippen LogP contribution in [0.4, 0.5) is 5.69 Å². The molecule has 0 atom stereocenters. The summed E-state index contributed by atoms with van der Waals surface area (Å²) in [7, 11) is 0. The topological polar surface area (TPSA) is 29.2 Å². The number of nitrogens with zero attached hydrogens (tertiary/aromatic N) is 3. The van der Waals surface area contributed by atoms with Crippen LogP contribution in [0.25, 0.3) is 22.2 Å². The third kappa shape index (κ3) is 2.52. The van der Waals surface area contributed by atoms with E-state index in [1.54, 1.807) is 0 Å². The Kier molecular flexibility index (Phi) is 3.59. The maximum absolute atomic E-state index is 6.08. The van der Waals surface area contributed by atoms with Crippen LogP contribution in [0, 0.1) is 5.92 Å². The fourth-order valence-electron chi connectivity index (χ4n) is 4.03. The van der Waals surface area contributed by atoms with Crippen LogP contribution in [0.15, 0.2) is 42.7 Å². The lowest BCUT2D eigenvalue weighted by molar-refractivity contribution is -0.695. The molecule has 3 aromatic rings. The quantitative estimate of drug-likeness (QED) is 0.673. The molecule has 0 radical (unpaired) electrons. The third-order valence-electron chi connectivity index (χ3n) is 5.41. The zero-order valence-electron chi connectivity index (χ0n) is 15.4. The number of ether oxygens (including phenoxy) is 1. The van der Waals surface area contributed by atoms with Gasteiger partial charge in [0.25, 0.3) is 0 Å². The summed E-state index contributed by atoms with van der Waals surface area (Å²) in [5.74, 6) is 1.74. The van der Waals surface area contributed by atoms with Gasteiger partial charge in [0.1, 0.15) is 24.4 Å². The van der Waals surface area contributed by atoms with E-state index >= 15 is 0 Å². The van der Waals surface area contributed by atoms with Crippen LogP contribution in [0.5, 0.6) is 5.75 Å². The fourth-order valence-corrected chi connectivity index (χ4v) is 4.03. The molecule has 132 valence electrons. The molecule has 1 aromatic carbocycles. The van der Waals surface area contributed by atoms with Crippen LogP contribution in [0.3, 0.4) is 0 Å². The second-order valence-corrected chi connectivity index (χ2v) is 7.63. The average Bonchev–Trinajstić information content (AvgIpc) is 2.63. The van der Waals surface area contributed by atoms with Gasteiger partial charge in [-0.25, -0.2) is 9.55 Å². The van der Waals surface area contributed by atoms with Crippen molar-refractivity contribution in [1.82, 2.24) is 4.98 Å². The van der Waals surface area contributed by atoms with Crippen molar-refractivity contribution in [3.05, 3.63) is 48.3 Å². The van der Waals surface area contributed by atoms with Crippen LogP contribution >= 0.6 is 0 Å². The SMILES string of the molecule is CCC[n+]1ccc2cc3c(nc2c1)-c1ccc(N2CC(C)C2)cc1OC3. The van der Waals surface area contributed by atoms with Gasteiger partial charge in [0.2, 0.25) is 0 Å². The second-order valence-electron chi connectivity index (χ2n) is 7.63. The second kappa shape index (κ2) is 5.97. The van der Waals surface area contributed by atoms with E-state index in [-0.39, 0.29) is 0 Å². The Morgan fingerprint density at radius 3 is 2.92 bits per heavy atom. The van der Waals surface area contributed by atoms with E-state index in [1.807, 2.05) is 0 Å². The molecule has 4 heterocycles. The Morgan fingerprint density at radius 2 is 2.12 bits per heavy atom. The van der Waals surface area contributed by atoms with E-state index in [0.29, 0.717) is 6.61 Å². The molecule has 0 spiro atoms. The largest absolute Gasteiger partial charge is 0.488 e. The van der Waals surface area contributed by atoms with Gasteiger partial charge in [0.15, 0.2) is 12.4 Å². The Morgan fingerprint density at radius 1 is 1.23 bits per heavy atom. The highest BCUT2D eigenvalue weighted by Gasteiger charge is 2.26. The summed E-state index contributed by atoms with van der Waals surface area (Å²) in [6, 6.07) is 10.9. The molecule has 2 aromatic heterocycles. The van der Waals surface area contributed by atoms with Gasteiger partial charge in [-0.15, -0.1) is 0 Å². The van der Waals surface area contributed by atoms with Crippen molar-refractivity contribution in [2.24, 2.45) is 5.92 Å². The van der Waals surface area contributed by atoms with E-state index in [4.69, 9.17) is 9.72 Å². The van der Waals surface area contributed by atoms with E-state index in [0.717, 1.165) is 54.5 Å². The molecule has 0 amide bonds. The minimum atomic E-state index is 0.592. The molecular weight excluding hydrogens is 322 g/mol. The molecule has 0 bridgehead atoms. The van der Waals surface area contributed by atoms with Gasteiger partial charge in [-0.3, -0.25) is 0 Å². The van der Waals surface area contributed by atoms with E-state index < -0.39 is 0 Å². The van der Waals surface area contributed by atoms with Gasteiger partial charge in [-0.2, -0.15) is 0 Å². The normalized spacial score (nSPS) is 16.0. The lowest BCUT2D eigenvalue weighted by Gasteiger charge is -2.39. The summed E-state index contributed by atoms with van der Waals surface area (Å²) >= 11 is 0. The summed E-state index contributed by atoms with van der Waals surface area (Å²) < 4.78 is 8.29. The van der Waals surface area contributed by atoms with Crippen molar-refractivity contribution < 1.29 is 9.30 Å². The maximum Gasteiger partial charge on any atom is 0.195 e. The molecule has 5 rings (SSSR count). The molecule has 0 unspecified atom stereocenters. The standard InChI is InChI=1S/C22H24N3O/c1-3-7-24-8-6-16-9-17-14-26-21-10-18(25-11-15(2)12-25)4-5-19(21)22(17)23-20(16)13-24/h4-6,8-10,13,15H,3,7,11-12,14H2,1-2H3/q+1. The van der Waals surface area contributed by atoms with Crippen molar-refractivity contribution in [2.75, 3.05) is 18.0 Å². The molecular formula is C22H24N3O+. The monoisotopic (exact) mass is 346 g/mol. The number of aryl methyl sites for hydroxylation is 1. The molecule has 0 N–H and O–H groups in total. The Balaban J connectivity index is 1.57. The molecule has 0 aliphatic carbocycles. The van der Waals surface area contributed by atoms with Gasteiger partial charge >= 0.3 is 0 Å². The number of benzene rings is 1. The van der Waals surface area contributed by atoms with Gasteiger partial charge in [0, 0.05) is 53.8 Å². The lowest BCUT2D eigenvalue weighted by atomic mass is 9.98. The Hall–Kier alpha value is -2.62. The predicted molar refractivity (Wildman–Crippen MR) is 103 cm³/mol. The van der Waals surface area contributed by atoms with Crippen molar-refractivity contribution in [1.29, 1.82) is 0 Å². The first-order valence-electron chi connectivity index (χ1n) is 9.56. The minimum Gasteiger partial charge on any atom is -0.488 e. The first-order valence-corrected chi connectivity index (χ1v) is 9.56. The summed E-state index contributed by atoms with van der Waals surface area (Å²) in [4.78, 5) is 7.41. The van der Waals surface area contributed by atoms with Crippen LogP contribution in [0.1, 0.15) is 25.8 Å². The van der Waals surface area contributed by atoms with Crippen molar-refractivity contribution in [2.45, 2.75) is 33.4 Å². The minimum absolute atomic E-state index is 0.592. The van der Waals surface area contributed by atoms with Crippen LogP contribution < -0.4 is 14.2 Å². The highest BCUT2D eigenvalue weighted by atomic mass is 16.5. The number of anilines is 1. The summed E-state index contributed by atoms with van der Waals surface area (Å²) in [6.07, 6.45) is 5.41. The van der Waals surface area contributed by atoms with Crippen molar-refractivity contribution in [3.63, 3.8) is 0 Å². The van der Waals surface area contributed by atoms with Crippen LogP contribution in [0.2, 0.25) is 0 Å². The fraction of sp³-hybridized carbons (Fsp3) is 0.364. The number of rotatable bonds is 3. The summed E-state index contributed by atoms with van der Waals surface area (Å²) in [5.41, 5.74) is 5.65. The van der Waals surface area contributed by atoms with Gasteiger partial charge in [0.05, 0.1) is 5.69 Å². The smallest absolute Gasteiger partial charge is 0.195 e. The first kappa shape index (κ1) is 15.6. The number of pyridine rings is 2. The molecule has 2 aliphatic heterocycles. The highest BCUT2D eigenvalue weighted by Crippen LogP contribution is 2.40. The van der Waals surface area contributed by atoms with E-state index in [2.05, 4.69) is 66.0 Å². The number of hydrogen-bond donors (Lipinski definition) is 0. The van der Waals surface area contributed by atoms with Gasteiger partial charge in [-0.1, -0.05) is 13.8 Å². The lowest BCUT2D eigenvalue weighted by Crippen LogP contribution is -2.45. The summed E-state index contributed by atoms with van der Waals surface area (Å²) in [5, 5.41) is 1.18. The molecule has 26 heavy (non-hydrogen) atoms. The van der Waals surface area contributed by atoms with Crippen LogP contribution in [-0.4, -0.2) is 18.1 Å². The number of hydrogen-bond acceptors (Lipinski definition) is 3. The zero-order valence-corrected chi connectivity index (χ0v) is 15.4. The maximum atomic E-state index is 6.08. The predicted octanol–water partition coefficient (Wildman–Crippen LogP) is 3.95.